The number of likely N-dealkylation sites (tertiary alicyclic amines) is 1. The Morgan fingerprint density at radius 2 is 1.67 bits per heavy atom. The Kier molecular flexibility index (Phi) is 6.34. The first kappa shape index (κ1) is 19.6. The maximum atomic E-state index is 13.6. The Bertz CT molecular complexity index is 740. The summed E-state index contributed by atoms with van der Waals surface area (Å²) >= 11 is 0. The summed E-state index contributed by atoms with van der Waals surface area (Å²) < 4.78 is 23.9. The summed E-state index contributed by atoms with van der Waals surface area (Å²) in [5.41, 5.74) is 2.19. The van der Waals surface area contributed by atoms with E-state index in [1.165, 1.54) is 18.7 Å². The molecular weight excluding hydrogens is 345 g/mol. The fraction of sp³-hybridized carbons (Fsp3) is 0.455. The van der Waals surface area contributed by atoms with Crippen LogP contribution in [0, 0.1) is 11.2 Å². The first-order chi connectivity index (χ1) is 13.1. The third kappa shape index (κ3) is 4.79. The van der Waals surface area contributed by atoms with E-state index in [9.17, 15) is 9.50 Å². The van der Waals surface area contributed by atoms with Crippen molar-refractivity contribution in [2.24, 2.45) is 5.41 Å². The minimum absolute atomic E-state index is 0.0778. The van der Waals surface area contributed by atoms with Gasteiger partial charge in [0.15, 0.2) is 11.6 Å². The maximum Gasteiger partial charge on any atom is 0.165 e. The summed E-state index contributed by atoms with van der Waals surface area (Å²) in [5.74, 6) is 0.800. The van der Waals surface area contributed by atoms with Crippen molar-refractivity contribution in [2.45, 2.75) is 25.8 Å². The fourth-order valence-electron chi connectivity index (χ4n) is 3.81. The molecule has 0 saturated carbocycles. The standard InChI is InChI=1S/C22H28FNO3/c1-26-19-6-3-17(4-7-19)14-22(16-25)9-11-24(12-10-22)15-18-5-8-20(23)21(13-18)27-2/h3-8,13,25H,9-12,14-16H2,1-2H3. The molecular formula is C22H28FNO3. The van der Waals surface area contributed by atoms with Crippen LogP contribution in [0.15, 0.2) is 42.5 Å². The molecule has 0 aromatic heterocycles. The van der Waals surface area contributed by atoms with Gasteiger partial charge in [-0.1, -0.05) is 18.2 Å². The average Bonchev–Trinajstić information content (AvgIpc) is 2.71. The van der Waals surface area contributed by atoms with E-state index in [0.29, 0.717) is 0 Å². The lowest BCUT2D eigenvalue weighted by Gasteiger charge is -2.41. The number of hydrogen-bond acceptors (Lipinski definition) is 4. The lowest BCUT2D eigenvalue weighted by Crippen LogP contribution is -2.42. The molecule has 5 heteroatoms. The second-order valence-corrected chi connectivity index (χ2v) is 7.43. The largest absolute Gasteiger partial charge is 0.497 e. The predicted molar refractivity (Wildman–Crippen MR) is 104 cm³/mol. The molecule has 1 aliphatic heterocycles. The number of ether oxygens (including phenoxy) is 2. The van der Waals surface area contributed by atoms with Crippen LogP contribution in [0.5, 0.6) is 11.5 Å². The Hall–Kier alpha value is -2.11. The van der Waals surface area contributed by atoms with E-state index in [-0.39, 0.29) is 23.6 Å². The van der Waals surface area contributed by atoms with Crippen molar-refractivity contribution in [1.82, 2.24) is 4.90 Å². The Morgan fingerprint density at radius 1 is 1.00 bits per heavy atom. The predicted octanol–water partition coefficient (Wildman–Crippen LogP) is 3.66. The van der Waals surface area contributed by atoms with E-state index in [1.54, 1.807) is 13.2 Å². The van der Waals surface area contributed by atoms with Gasteiger partial charge in [-0.25, -0.2) is 4.39 Å². The van der Waals surface area contributed by atoms with E-state index in [0.717, 1.165) is 50.2 Å². The van der Waals surface area contributed by atoms with Crippen molar-refractivity contribution in [3.8, 4) is 11.5 Å². The van der Waals surface area contributed by atoms with Crippen molar-refractivity contribution in [1.29, 1.82) is 0 Å². The van der Waals surface area contributed by atoms with Crippen LogP contribution in [0.4, 0.5) is 4.39 Å². The number of hydrogen-bond donors (Lipinski definition) is 1. The third-order valence-electron chi connectivity index (χ3n) is 5.61. The van der Waals surface area contributed by atoms with Crippen LogP contribution in [0.2, 0.25) is 0 Å². The first-order valence-corrected chi connectivity index (χ1v) is 9.36. The summed E-state index contributed by atoms with van der Waals surface area (Å²) in [6.07, 6.45) is 2.74. The minimum Gasteiger partial charge on any atom is -0.497 e. The zero-order valence-corrected chi connectivity index (χ0v) is 16.1. The maximum absolute atomic E-state index is 13.6. The second-order valence-electron chi connectivity index (χ2n) is 7.43. The monoisotopic (exact) mass is 373 g/mol. The highest BCUT2D eigenvalue weighted by Crippen LogP contribution is 2.35. The van der Waals surface area contributed by atoms with E-state index < -0.39 is 0 Å². The van der Waals surface area contributed by atoms with Crippen molar-refractivity contribution >= 4 is 0 Å². The number of aliphatic hydroxyl groups excluding tert-OH is 1. The zero-order chi connectivity index (χ0) is 19.3. The van der Waals surface area contributed by atoms with Crippen molar-refractivity contribution in [2.75, 3.05) is 33.9 Å². The molecule has 27 heavy (non-hydrogen) atoms. The van der Waals surface area contributed by atoms with Crippen LogP contribution in [0.25, 0.3) is 0 Å². The molecule has 0 bridgehead atoms. The highest BCUT2D eigenvalue weighted by atomic mass is 19.1. The number of halogens is 1. The van der Waals surface area contributed by atoms with Gasteiger partial charge in [0.1, 0.15) is 5.75 Å². The van der Waals surface area contributed by atoms with E-state index in [2.05, 4.69) is 17.0 Å². The Labute approximate surface area is 160 Å². The molecule has 2 aromatic rings. The molecule has 0 aliphatic carbocycles. The van der Waals surface area contributed by atoms with Gasteiger partial charge in [0, 0.05) is 13.2 Å². The summed E-state index contributed by atoms with van der Waals surface area (Å²) in [4.78, 5) is 2.36. The van der Waals surface area contributed by atoms with Crippen LogP contribution in [-0.4, -0.2) is 43.9 Å². The molecule has 1 heterocycles. The van der Waals surface area contributed by atoms with Crippen LogP contribution in [0.3, 0.4) is 0 Å². The third-order valence-corrected chi connectivity index (χ3v) is 5.61. The molecule has 1 aliphatic rings. The fourth-order valence-corrected chi connectivity index (χ4v) is 3.81. The van der Waals surface area contributed by atoms with Gasteiger partial charge >= 0.3 is 0 Å². The molecule has 0 amide bonds. The highest BCUT2D eigenvalue weighted by molar-refractivity contribution is 5.30. The van der Waals surface area contributed by atoms with Gasteiger partial charge in [-0.3, -0.25) is 4.90 Å². The molecule has 0 radical (unpaired) electrons. The number of aliphatic hydroxyl groups is 1. The molecule has 1 N–H and O–H groups in total. The number of methoxy groups -OCH3 is 2. The van der Waals surface area contributed by atoms with E-state index in [1.807, 2.05) is 18.2 Å². The number of nitrogens with zero attached hydrogens (tertiary/aromatic N) is 1. The molecule has 1 fully saturated rings. The van der Waals surface area contributed by atoms with Gasteiger partial charge < -0.3 is 14.6 Å². The molecule has 146 valence electrons. The molecule has 2 aromatic carbocycles. The lowest BCUT2D eigenvalue weighted by atomic mass is 9.74. The minimum atomic E-state index is -0.335. The lowest BCUT2D eigenvalue weighted by molar-refractivity contribution is 0.0413. The average molecular weight is 373 g/mol. The first-order valence-electron chi connectivity index (χ1n) is 9.36. The van der Waals surface area contributed by atoms with Crippen molar-refractivity contribution in [3.05, 3.63) is 59.4 Å². The number of benzene rings is 2. The van der Waals surface area contributed by atoms with Crippen LogP contribution in [-0.2, 0) is 13.0 Å². The van der Waals surface area contributed by atoms with Gasteiger partial charge in [0.2, 0.25) is 0 Å². The van der Waals surface area contributed by atoms with Crippen LogP contribution >= 0.6 is 0 Å². The Balaban J connectivity index is 1.60. The Morgan fingerprint density at radius 3 is 2.26 bits per heavy atom. The molecule has 0 unspecified atom stereocenters. The van der Waals surface area contributed by atoms with E-state index in [4.69, 9.17) is 9.47 Å². The van der Waals surface area contributed by atoms with Crippen LogP contribution in [0.1, 0.15) is 24.0 Å². The number of rotatable bonds is 7. The molecule has 4 nitrogen and oxygen atoms in total. The number of piperidine rings is 1. The van der Waals surface area contributed by atoms with Crippen LogP contribution < -0.4 is 9.47 Å². The van der Waals surface area contributed by atoms with Gasteiger partial charge in [-0.05, 0) is 73.2 Å². The topological polar surface area (TPSA) is 41.9 Å². The van der Waals surface area contributed by atoms with Gasteiger partial charge in [-0.2, -0.15) is 0 Å². The van der Waals surface area contributed by atoms with Gasteiger partial charge in [0.05, 0.1) is 14.2 Å². The second kappa shape index (κ2) is 8.72. The van der Waals surface area contributed by atoms with Crippen molar-refractivity contribution in [3.63, 3.8) is 0 Å². The summed E-state index contributed by atoms with van der Waals surface area (Å²) in [7, 11) is 3.15. The molecule has 3 rings (SSSR count). The van der Waals surface area contributed by atoms with Gasteiger partial charge in [0.25, 0.3) is 0 Å². The highest BCUT2D eigenvalue weighted by Gasteiger charge is 2.34. The molecule has 0 atom stereocenters. The van der Waals surface area contributed by atoms with Gasteiger partial charge in [-0.15, -0.1) is 0 Å². The zero-order valence-electron chi connectivity index (χ0n) is 16.1. The normalized spacial score (nSPS) is 16.9. The molecule has 0 spiro atoms. The van der Waals surface area contributed by atoms with Crippen molar-refractivity contribution < 1.29 is 19.0 Å². The van der Waals surface area contributed by atoms with E-state index >= 15 is 0 Å². The quantitative estimate of drug-likeness (QED) is 0.804. The molecule has 1 saturated heterocycles. The summed E-state index contributed by atoms with van der Waals surface area (Å²) in [6, 6.07) is 13.1. The smallest absolute Gasteiger partial charge is 0.165 e. The SMILES string of the molecule is COc1ccc(CC2(CO)CCN(Cc3ccc(F)c(OC)c3)CC2)cc1. The summed E-state index contributed by atoms with van der Waals surface area (Å²) in [5, 5.41) is 10.1. The summed E-state index contributed by atoms with van der Waals surface area (Å²) in [6.45, 7) is 2.78.